The number of amides is 2. The van der Waals surface area contributed by atoms with E-state index in [1.165, 1.54) is 0 Å². The van der Waals surface area contributed by atoms with Gasteiger partial charge in [0.2, 0.25) is 5.89 Å². The molecule has 0 spiro atoms. The molecule has 0 fully saturated rings. The van der Waals surface area contributed by atoms with E-state index in [1.54, 1.807) is 50.2 Å². The van der Waals surface area contributed by atoms with Crippen LogP contribution in [0.3, 0.4) is 0 Å². The SMILES string of the molecule is CCOc1ccccc1C(=O)N[C@@H](C(=O)OCC(=O)Nc1nnc(-c2ccccc2)o1)C(C)C. The second kappa shape index (κ2) is 11.6. The average Bonchev–Trinajstić information content (AvgIpc) is 3.30. The largest absolute Gasteiger partial charge is 0.493 e. The number of carbonyl (C=O) groups is 3. The molecule has 2 amide bonds. The zero-order chi connectivity index (χ0) is 24.5. The Morgan fingerprint density at radius 2 is 1.71 bits per heavy atom. The number of anilines is 1. The smallest absolute Gasteiger partial charge is 0.329 e. The van der Waals surface area contributed by atoms with E-state index >= 15 is 0 Å². The predicted octanol–water partition coefficient (Wildman–Crippen LogP) is 3.07. The Labute approximate surface area is 196 Å². The van der Waals surface area contributed by atoms with Crippen molar-refractivity contribution in [3.63, 3.8) is 0 Å². The number of hydrogen-bond donors (Lipinski definition) is 2. The average molecular weight is 466 g/mol. The fraction of sp³-hybridized carbons (Fsp3) is 0.292. The molecule has 0 saturated heterocycles. The van der Waals surface area contributed by atoms with Crippen molar-refractivity contribution in [2.24, 2.45) is 5.92 Å². The van der Waals surface area contributed by atoms with Gasteiger partial charge >= 0.3 is 12.0 Å². The van der Waals surface area contributed by atoms with Crippen LogP contribution in [0.4, 0.5) is 6.01 Å². The molecule has 2 aromatic carbocycles. The van der Waals surface area contributed by atoms with Gasteiger partial charge in [-0.2, -0.15) is 0 Å². The molecule has 0 radical (unpaired) electrons. The van der Waals surface area contributed by atoms with E-state index in [2.05, 4.69) is 20.8 Å². The maximum absolute atomic E-state index is 12.8. The van der Waals surface area contributed by atoms with Gasteiger partial charge in [0.1, 0.15) is 11.8 Å². The van der Waals surface area contributed by atoms with E-state index in [-0.39, 0.29) is 17.8 Å². The van der Waals surface area contributed by atoms with Crippen LogP contribution in [0.2, 0.25) is 0 Å². The second-order valence-electron chi connectivity index (χ2n) is 7.56. The lowest BCUT2D eigenvalue weighted by molar-refractivity contribution is -0.150. The van der Waals surface area contributed by atoms with Gasteiger partial charge in [-0.05, 0) is 37.1 Å². The third-order valence-electron chi connectivity index (χ3n) is 4.68. The Balaban J connectivity index is 1.56. The van der Waals surface area contributed by atoms with Gasteiger partial charge in [-0.15, -0.1) is 5.10 Å². The lowest BCUT2D eigenvalue weighted by Crippen LogP contribution is -2.46. The van der Waals surface area contributed by atoms with Gasteiger partial charge in [0.05, 0.1) is 12.2 Å². The monoisotopic (exact) mass is 466 g/mol. The summed E-state index contributed by atoms with van der Waals surface area (Å²) in [6, 6.07) is 14.7. The van der Waals surface area contributed by atoms with Crippen LogP contribution >= 0.6 is 0 Å². The molecule has 0 aliphatic rings. The van der Waals surface area contributed by atoms with Crippen LogP contribution in [0.5, 0.6) is 5.75 Å². The molecule has 10 nitrogen and oxygen atoms in total. The first-order chi connectivity index (χ1) is 16.4. The van der Waals surface area contributed by atoms with E-state index in [9.17, 15) is 14.4 Å². The number of para-hydroxylation sites is 1. The zero-order valence-electron chi connectivity index (χ0n) is 19.1. The normalized spacial score (nSPS) is 11.5. The van der Waals surface area contributed by atoms with E-state index in [1.807, 2.05) is 25.1 Å². The number of ether oxygens (including phenoxy) is 2. The van der Waals surface area contributed by atoms with Crippen molar-refractivity contribution in [1.29, 1.82) is 0 Å². The first-order valence-electron chi connectivity index (χ1n) is 10.8. The number of aromatic nitrogens is 2. The molecule has 1 aromatic heterocycles. The van der Waals surface area contributed by atoms with Gasteiger partial charge in [0.25, 0.3) is 11.8 Å². The Hall–Kier alpha value is -4.21. The van der Waals surface area contributed by atoms with Crippen LogP contribution in [0.1, 0.15) is 31.1 Å². The summed E-state index contributed by atoms with van der Waals surface area (Å²) in [5.74, 6) is -1.53. The molecule has 2 N–H and O–H groups in total. The van der Waals surface area contributed by atoms with Gasteiger partial charge in [-0.3, -0.25) is 14.9 Å². The summed E-state index contributed by atoms with van der Waals surface area (Å²) >= 11 is 0. The lowest BCUT2D eigenvalue weighted by atomic mass is 10.0. The molecule has 1 heterocycles. The third kappa shape index (κ3) is 6.41. The van der Waals surface area contributed by atoms with Crippen molar-refractivity contribution < 1.29 is 28.3 Å². The highest BCUT2D eigenvalue weighted by Crippen LogP contribution is 2.20. The van der Waals surface area contributed by atoms with Crippen molar-refractivity contribution in [2.45, 2.75) is 26.8 Å². The van der Waals surface area contributed by atoms with Crippen molar-refractivity contribution in [1.82, 2.24) is 15.5 Å². The van der Waals surface area contributed by atoms with Crippen molar-refractivity contribution in [2.75, 3.05) is 18.5 Å². The summed E-state index contributed by atoms with van der Waals surface area (Å²) in [5, 5.41) is 12.7. The maximum atomic E-state index is 12.8. The van der Waals surface area contributed by atoms with Crippen LogP contribution in [-0.4, -0.2) is 47.2 Å². The van der Waals surface area contributed by atoms with E-state index in [4.69, 9.17) is 13.9 Å². The second-order valence-corrected chi connectivity index (χ2v) is 7.56. The topological polar surface area (TPSA) is 133 Å². The minimum atomic E-state index is -0.969. The molecular formula is C24H26N4O6. The van der Waals surface area contributed by atoms with Crippen molar-refractivity contribution in [3.8, 4) is 17.2 Å². The van der Waals surface area contributed by atoms with E-state index in [0.717, 1.165) is 0 Å². The lowest BCUT2D eigenvalue weighted by Gasteiger charge is -2.21. The van der Waals surface area contributed by atoms with Crippen LogP contribution in [0.15, 0.2) is 59.0 Å². The molecule has 1 atom stereocenters. The summed E-state index contributed by atoms with van der Waals surface area (Å²) in [6.07, 6.45) is 0. The molecule has 0 saturated carbocycles. The number of hydrogen-bond acceptors (Lipinski definition) is 8. The van der Waals surface area contributed by atoms with Gasteiger partial charge in [-0.1, -0.05) is 49.3 Å². The van der Waals surface area contributed by atoms with E-state index in [0.29, 0.717) is 23.5 Å². The summed E-state index contributed by atoms with van der Waals surface area (Å²) in [5.41, 5.74) is 0.995. The molecule has 0 bridgehead atoms. The highest BCUT2D eigenvalue weighted by molar-refractivity contribution is 5.99. The van der Waals surface area contributed by atoms with Crippen LogP contribution in [0, 0.1) is 5.92 Å². The van der Waals surface area contributed by atoms with Crippen LogP contribution in [-0.2, 0) is 14.3 Å². The van der Waals surface area contributed by atoms with Crippen molar-refractivity contribution >= 4 is 23.8 Å². The molecule has 0 unspecified atom stereocenters. The highest BCUT2D eigenvalue weighted by atomic mass is 16.5. The number of benzene rings is 2. The Kier molecular flexibility index (Phi) is 8.33. The Morgan fingerprint density at radius 1 is 1.00 bits per heavy atom. The summed E-state index contributed by atoms with van der Waals surface area (Å²) in [7, 11) is 0. The number of nitrogens with one attached hydrogen (secondary N) is 2. The van der Waals surface area contributed by atoms with Crippen LogP contribution < -0.4 is 15.4 Å². The Bertz CT molecular complexity index is 1130. The minimum Gasteiger partial charge on any atom is -0.493 e. The highest BCUT2D eigenvalue weighted by Gasteiger charge is 2.28. The summed E-state index contributed by atoms with van der Waals surface area (Å²) in [6.45, 7) is 5.12. The van der Waals surface area contributed by atoms with E-state index < -0.39 is 30.4 Å². The first kappa shape index (κ1) is 24.4. The predicted molar refractivity (Wildman–Crippen MR) is 123 cm³/mol. The zero-order valence-corrected chi connectivity index (χ0v) is 19.1. The number of rotatable bonds is 10. The Morgan fingerprint density at radius 3 is 2.41 bits per heavy atom. The molecule has 3 rings (SSSR count). The van der Waals surface area contributed by atoms with Gasteiger partial charge in [-0.25, -0.2) is 4.79 Å². The van der Waals surface area contributed by atoms with Crippen LogP contribution in [0.25, 0.3) is 11.5 Å². The molecule has 178 valence electrons. The van der Waals surface area contributed by atoms with Gasteiger partial charge in [0.15, 0.2) is 6.61 Å². The molecular weight excluding hydrogens is 440 g/mol. The molecule has 3 aromatic rings. The molecule has 34 heavy (non-hydrogen) atoms. The number of esters is 1. The maximum Gasteiger partial charge on any atom is 0.329 e. The molecule has 10 heteroatoms. The molecule has 0 aliphatic carbocycles. The summed E-state index contributed by atoms with van der Waals surface area (Å²) in [4.78, 5) is 37.6. The van der Waals surface area contributed by atoms with Gasteiger partial charge in [0, 0.05) is 5.56 Å². The fourth-order valence-corrected chi connectivity index (χ4v) is 3.01. The van der Waals surface area contributed by atoms with Gasteiger partial charge < -0.3 is 19.2 Å². The fourth-order valence-electron chi connectivity index (χ4n) is 3.01. The quantitative estimate of drug-likeness (QED) is 0.436. The number of carbonyl (C=O) groups excluding carboxylic acids is 3. The first-order valence-corrected chi connectivity index (χ1v) is 10.8. The standard InChI is InChI=1S/C24H26N4O6/c1-4-32-18-13-9-8-12-17(18)21(30)26-20(15(2)3)23(31)33-14-19(29)25-24-28-27-22(34-24)16-10-6-5-7-11-16/h5-13,15,20H,4,14H2,1-3H3,(H,26,30)(H,25,28,29)/t20-/m1/s1. The minimum absolute atomic E-state index is 0.124. The molecule has 0 aliphatic heterocycles. The van der Waals surface area contributed by atoms with Crippen molar-refractivity contribution in [3.05, 3.63) is 60.2 Å². The third-order valence-corrected chi connectivity index (χ3v) is 4.68. The number of nitrogens with zero attached hydrogens (tertiary/aromatic N) is 2. The summed E-state index contributed by atoms with van der Waals surface area (Å²) < 4.78 is 16.0.